The lowest BCUT2D eigenvalue weighted by Gasteiger charge is -2.11. The standard InChI is InChI=1S/C9H10ClF3N2O2S/c10-6-2-1-3-7(14)8(6)18(16,17)15-5-4-9(11,12)13/h1-3,15H,4-5,14H2. The van der Waals surface area contributed by atoms with E-state index in [1.807, 2.05) is 0 Å². The molecule has 1 aromatic carbocycles. The van der Waals surface area contributed by atoms with Crippen LogP contribution in [-0.4, -0.2) is 21.1 Å². The van der Waals surface area contributed by atoms with Gasteiger partial charge in [0, 0.05) is 6.54 Å². The first-order chi connectivity index (χ1) is 8.13. The zero-order chi connectivity index (χ0) is 14.0. The molecule has 4 nitrogen and oxygen atoms in total. The molecule has 0 aliphatic carbocycles. The second-order valence-electron chi connectivity index (χ2n) is 3.42. The number of hydrogen-bond acceptors (Lipinski definition) is 3. The van der Waals surface area contributed by atoms with Crippen LogP contribution in [0.25, 0.3) is 0 Å². The Bertz CT molecular complexity index is 511. The van der Waals surface area contributed by atoms with Gasteiger partial charge >= 0.3 is 6.18 Å². The maximum absolute atomic E-state index is 11.9. The van der Waals surface area contributed by atoms with Gasteiger partial charge in [-0.1, -0.05) is 17.7 Å². The van der Waals surface area contributed by atoms with Gasteiger partial charge in [-0.3, -0.25) is 0 Å². The molecule has 0 aliphatic heterocycles. The number of sulfonamides is 1. The van der Waals surface area contributed by atoms with E-state index >= 15 is 0 Å². The summed E-state index contributed by atoms with van der Waals surface area (Å²) in [5.41, 5.74) is 5.32. The molecule has 18 heavy (non-hydrogen) atoms. The van der Waals surface area contributed by atoms with Gasteiger partial charge in [-0.25, -0.2) is 13.1 Å². The van der Waals surface area contributed by atoms with Crippen molar-refractivity contribution in [1.82, 2.24) is 4.72 Å². The molecule has 0 saturated carbocycles. The van der Waals surface area contributed by atoms with Gasteiger partial charge in [0.1, 0.15) is 4.90 Å². The van der Waals surface area contributed by atoms with Gasteiger partial charge in [0.2, 0.25) is 10.0 Å². The van der Waals surface area contributed by atoms with Crippen molar-refractivity contribution < 1.29 is 21.6 Å². The summed E-state index contributed by atoms with van der Waals surface area (Å²) in [7, 11) is -4.15. The molecule has 102 valence electrons. The molecule has 0 bridgehead atoms. The molecule has 9 heteroatoms. The van der Waals surface area contributed by atoms with E-state index in [2.05, 4.69) is 0 Å². The molecular formula is C9H10ClF3N2O2S. The molecule has 0 saturated heterocycles. The molecule has 0 unspecified atom stereocenters. The van der Waals surface area contributed by atoms with E-state index in [9.17, 15) is 21.6 Å². The number of anilines is 1. The van der Waals surface area contributed by atoms with Crippen molar-refractivity contribution in [3.05, 3.63) is 23.2 Å². The summed E-state index contributed by atoms with van der Waals surface area (Å²) in [6.07, 6.45) is -5.70. The number of nitrogens with one attached hydrogen (secondary N) is 1. The number of rotatable bonds is 4. The maximum Gasteiger partial charge on any atom is 0.390 e. The van der Waals surface area contributed by atoms with Gasteiger partial charge in [0.15, 0.2) is 0 Å². The Labute approximate surface area is 107 Å². The second-order valence-corrected chi connectivity index (χ2v) is 5.53. The van der Waals surface area contributed by atoms with E-state index in [1.54, 1.807) is 4.72 Å². The Hall–Kier alpha value is -0.990. The minimum absolute atomic E-state index is 0.123. The third kappa shape index (κ3) is 4.04. The second kappa shape index (κ2) is 5.33. The summed E-state index contributed by atoms with van der Waals surface area (Å²) >= 11 is 5.66. The molecular weight excluding hydrogens is 293 g/mol. The van der Waals surface area contributed by atoms with Crippen LogP contribution in [0.15, 0.2) is 23.1 Å². The Balaban J connectivity index is 2.88. The molecule has 0 aromatic heterocycles. The van der Waals surface area contributed by atoms with Gasteiger partial charge in [-0.05, 0) is 12.1 Å². The van der Waals surface area contributed by atoms with Gasteiger partial charge in [-0.2, -0.15) is 13.2 Å². The Kier molecular flexibility index (Phi) is 4.46. The lowest BCUT2D eigenvalue weighted by Crippen LogP contribution is -2.28. The number of hydrogen-bond donors (Lipinski definition) is 2. The van der Waals surface area contributed by atoms with E-state index in [0.29, 0.717) is 0 Å². The van der Waals surface area contributed by atoms with E-state index in [4.69, 9.17) is 17.3 Å². The highest BCUT2D eigenvalue weighted by molar-refractivity contribution is 7.89. The molecule has 0 heterocycles. The van der Waals surface area contributed by atoms with E-state index in [-0.39, 0.29) is 10.7 Å². The van der Waals surface area contributed by atoms with Crippen molar-refractivity contribution in [2.75, 3.05) is 12.3 Å². The topological polar surface area (TPSA) is 72.2 Å². The number of nitrogen functional groups attached to an aromatic ring is 1. The van der Waals surface area contributed by atoms with Crippen LogP contribution in [0.4, 0.5) is 18.9 Å². The molecule has 0 radical (unpaired) electrons. The molecule has 0 aliphatic rings. The Morgan fingerprint density at radius 1 is 1.33 bits per heavy atom. The van der Waals surface area contributed by atoms with Crippen molar-refractivity contribution >= 4 is 27.3 Å². The lowest BCUT2D eigenvalue weighted by molar-refractivity contribution is -0.132. The summed E-state index contributed by atoms with van der Waals surface area (Å²) < 4.78 is 61.0. The van der Waals surface area contributed by atoms with Crippen molar-refractivity contribution in [2.45, 2.75) is 17.5 Å². The zero-order valence-electron chi connectivity index (χ0n) is 8.96. The first-order valence-corrected chi connectivity index (χ1v) is 6.60. The number of nitrogens with two attached hydrogens (primary N) is 1. The van der Waals surface area contributed by atoms with Crippen LogP contribution in [0.2, 0.25) is 5.02 Å². The zero-order valence-corrected chi connectivity index (χ0v) is 10.5. The van der Waals surface area contributed by atoms with Crippen molar-refractivity contribution in [2.24, 2.45) is 0 Å². The van der Waals surface area contributed by atoms with E-state index < -0.39 is 34.1 Å². The normalized spacial score (nSPS) is 12.7. The Morgan fingerprint density at radius 2 is 1.94 bits per heavy atom. The SMILES string of the molecule is Nc1cccc(Cl)c1S(=O)(=O)NCCC(F)(F)F. The molecule has 3 N–H and O–H groups in total. The largest absolute Gasteiger partial charge is 0.398 e. The molecule has 0 spiro atoms. The first kappa shape index (κ1) is 15.1. The smallest absolute Gasteiger partial charge is 0.390 e. The van der Waals surface area contributed by atoms with Gasteiger partial charge in [0.25, 0.3) is 0 Å². The van der Waals surface area contributed by atoms with Crippen LogP contribution >= 0.6 is 11.6 Å². The van der Waals surface area contributed by atoms with Crippen LogP contribution < -0.4 is 10.5 Å². The van der Waals surface area contributed by atoms with Gasteiger partial charge < -0.3 is 5.73 Å². The highest BCUT2D eigenvalue weighted by Crippen LogP contribution is 2.27. The summed E-state index contributed by atoms with van der Waals surface area (Å²) in [6, 6.07) is 4.02. The molecule has 1 rings (SSSR count). The number of halogens is 4. The minimum Gasteiger partial charge on any atom is -0.398 e. The maximum atomic E-state index is 11.9. The van der Waals surface area contributed by atoms with E-state index in [0.717, 1.165) is 0 Å². The molecule has 0 amide bonds. The molecule has 1 aromatic rings. The van der Waals surface area contributed by atoms with Crippen LogP contribution in [0.3, 0.4) is 0 Å². The van der Waals surface area contributed by atoms with Crippen molar-refractivity contribution in [3.63, 3.8) is 0 Å². The molecule has 0 atom stereocenters. The average Bonchev–Trinajstić information content (AvgIpc) is 2.13. The highest BCUT2D eigenvalue weighted by atomic mass is 35.5. The van der Waals surface area contributed by atoms with Crippen LogP contribution in [0, 0.1) is 0 Å². The highest BCUT2D eigenvalue weighted by Gasteiger charge is 2.28. The first-order valence-electron chi connectivity index (χ1n) is 4.74. The van der Waals surface area contributed by atoms with Crippen LogP contribution in [-0.2, 0) is 10.0 Å². The van der Waals surface area contributed by atoms with Gasteiger partial charge in [0.05, 0.1) is 17.1 Å². The third-order valence-corrected chi connectivity index (χ3v) is 3.97. The molecule has 0 fully saturated rings. The minimum atomic E-state index is -4.44. The van der Waals surface area contributed by atoms with Crippen LogP contribution in [0.1, 0.15) is 6.42 Å². The van der Waals surface area contributed by atoms with Crippen molar-refractivity contribution in [3.8, 4) is 0 Å². The third-order valence-electron chi connectivity index (χ3n) is 1.97. The van der Waals surface area contributed by atoms with Crippen LogP contribution in [0.5, 0.6) is 0 Å². The fraction of sp³-hybridized carbons (Fsp3) is 0.333. The number of alkyl halides is 3. The number of benzene rings is 1. The monoisotopic (exact) mass is 302 g/mol. The summed E-state index contributed by atoms with van der Waals surface area (Å²) in [5.74, 6) is 0. The predicted octanol–water partition coefficient (Wildman–Crippen LogP) is 2.15. The fourth-order valence-corrected chi connectivity index (χ4v) is 2.91. The van der Waals surface area contributed by atoms with Gasteiger partial charge in [-0.15, -0.1) is 0 Å². The van der Waals surface area contributed by atoms with Crippen molar-refractivity contribution in [1.29, 1.82) is 0 Å². The fourth-order valence-electron chi connectivity index (χ4n) is 1.21. The average molecular weight is 303 g/mol. The van der Waals surface area contributed by atoms with E-state index in [1.165, 1.54) is 18.2 Å². The Morgan fingerprint density at radius 3 is 2.44 bits per heavy atom. The summed E-state index contributed by atoms with van der Waals surface area (Å²) in [5, 5.41) is -0.144. The predicted molar refractivity (Wildman–Crippen MR) is 61.7 cm³/mol. The summed E-state index contributed by atoms with van der Waals surface area (Å²) in [4.78, 5) is -0.408. The lowest BCUT2D eigenvalue weighted by atomic mass is 10.3. The quantitative estimate of drug-likeness (QED) is 0.837. The summed E-state index contributed by atoms with van der Waals surface area (Å²) in [6.45, 7) is -0.767.